The van der Waals surface area contributed by atoms with E-state index in [1.807, 2.05) is 0 Å². The summed E-state index contributed by atoms with van der Waals surface area (Å²) in [4.78, 5) is 56.2. The number of ether oxygens (including phenoxy) is 1. The fourth-order valence-corrected chi connectivity index (χ4v) is 6.52. The lowest BCUT2D eigenvalue weighted by atomic mass is 9.88. The molecule has 2 aliphatic rings. The van der Waals surface area contributed by atoms with E-state index in [0.29, 0.717) is 22.9 Å². The van der Waals surface area contributed by atoms with Crippen LogP contribution < -0.4 is 4.90 Å². The van der Waals surface area contributed by atoms with E-state index < -0.39 is 29.0 Å². The first-order valence-corrected chi connectivity index (χ1v) is 11.5. The number of rotatable bonds is 5. The zero-order chi connectivity index (χ0) is 22.3. The van der Waals surface area contributed by atoms with E-state index in [9.17, 15) is 24.3 Å². The van der Waals surface area contributed by atoms with Crippen LogP contribution in [0.25, 0.3) is 0 Å². The number of fused-ring (bicyclic) bond motifs is 1. The van der Waals surface area contributed by atoms with Crippen molar-refractivity contribution in [3.8, 4) is 0 Å². The van der Waals surface area contributed by atoms with E-state index in [-0.39, 0.29) is 17.0 Å². The molecule has 0 aromatic carbocycles. The highest BCUT2D eigenvalue weighted by molar-refractivity contribution is 8.00. The number of carboxylic acids is 1. The Morgan fingerprint density at radius 3 is 2.81 bits per heavy atom. The lowest BCUT2D eigenvalue weighted by Gasteiger charge is -2.18. The number of imide groups is 1. The van der Waals surface area contributed by atoms with Crippen molar-refractivity contribution in [3.63, 3.8) is 0 Å². The number of esters is 1. The molecule has 0 radical (unpaired) electrons. The number of aromatic nitrogens is 1. The van der Waals surface area contributed by atoms with Gasteiger partial charge in [0, 0.05) is 17.5 Å². The van der Waals surface area contributed by atoms with Gasteiger partial charge in [0.2, 0.25) is 11.8 Å². The molecule has 8 nitrogen and oxygen atoms in total. The fourth-order valence-electron chi connectivity index (χ4n) is 3.90. The highest BCUT2D eigenvalue weighted by Crippen LogP contribution is 2.44. The average Bonchev–Trinajstić information content (AvgIpc) is 3.23. The minimum absolute atomic E-state index is 0.0259. The summed E-state index contributed by atoms with van der Waals surface area (Å²) in [7, 11) is 1.28. The van der Waals surface area contributed by atoms with Gasteiger partial charge in [-0.2, -0.15) is 0 Å². The van der Waals surface area contributed by atoms with Crippen molar-refractivity contribution in [1.29, 1.82) is 0 Å². The number of pyridine rings is 1. The maximum atomic E-state index is 13.2. The van der Waals surface area contributed by atoms with Gasteiger partial charge in [-0.25, -0.2) is 19.5 Å². The van der Waals surface area contributed by atoms with Crippen LogP contribution in [0.4, 0.5) is 5.00 Å². The van der Waals surface area contributed by atoms with Gasteiger partial charge in [0.25, 0.3) is 0 Å². The first kappa shape index (κ1) is 21.5. The Labute approximate surface area is 186 Å². The van der Waals surface area contributed by atoms with Crippen LogP contribution in [0.3, 0.4) is 0 Å². The smallest absolute Gasteiger partial charge is 0.341 e. The van der Waals surface area contributed by atoms with Gasteiger partial charge in [0.05, 0.1) is 23.5 Å². The lowest BCUT2D eigenvalue weighted by molar-refractivity contribution is -0.121. The molecule has 1 saturated heterocycles. The van der Waals surface area contributed by atoms with Crippen molar-refractivity contribution in [2.24, 2.45) is 5.92 Å². The van der Waals surface area contributed by atoms with Crippen LogP contribution in [0.5, 0.6) is 0 Å². The molecule has 0 bridgehead atoms. The molecule has 10 heteroatoms. The predicted molar refractivity (Wildman–Crippen MR) is 115 cm³/mol. The molecule has 1 aliphatic carbocycles. The summed E-state index contributed by atoms with van der Waals surface area (Å²) in [5.41, 5.74) is 1.13. The molecule has 3 heterocycles. The van der Waals surface area contributed by atoms with Gasteiger partial charge in [0.1, 0.15) is 10.0 Å². The maximum absolute atomic E-state index is 13.2. The summed E-state index contributed by atoms with van der Waals surface area (Å²) in [5, 5.41) is 9.03. The number of thiophene rings is 1. The molecular formula is C21H20N2O6S2. The Morgan fingerprint density at radius 2 is 2.10 bits per heavy atom. The summed E-state index contributed by atoms with van der Waals surface area (Å²) >= 11 is 2.25. The fraction of sp³-hybridized carbons (Fsp3) is 0.381. The summed E-state index contributed by atoms with van der Waals surface area (Å²) in [6.07, 6.45) is 3.75. The van der Waals surface area contributed by atoms with Crippen molar-refractivity contribution in [1.82, 2.24) is 4.98 Å². The molecule has 2 aromatic heterocycles. The predicted octanol–water partition coefficient (Wildman–Crippen LogP) is 3.18. The Bertz CT molecular complexity index is 1100. The van der Waals surface area contributed by atoms with Crippen LogP contribution in [0, 0.1) is 5.92 Å². The largest absolute Gasteiger partial charge is 0.478 e. The van der Waals surface area contributed by atoms with Gasteiger partial charge in [-0.15, -0.1) is 11.3 Å². The molecule has 1 N–H and O–H groups in total. The van der Waals surface area contributed by atoms with Gasteiger partial charge in [-0.1, -0.05) is 18.7 Å². The highest BCUT2D eigenvalue weighted by Gasteiger charge is 2.44. The van der Waals surface area contributed by atoms with E-state index in [1.54, 1.807) is 0 Å². The van der Waals surface area contributed by atoms with E-state index in [4.69, 9.17) is 4.74 Å². The molecule has 1 aliphatic heterocycles. The van der Waals surface area contributed by atoms with Crippen LogP contribution in [0.2, 0.25) is 0 Å². The molecule has 2 atom stereocenters. The molecule has 4 rings (SSSR count). The minimum atomic E-state index is -1.16. The first-order chi connectivity index (χ1) is 14.8. The molecule has 2 aromatic rings. The Kier molecular flexibility index (Phi) is 5.85. The van der Waals surface area contributed by atoms with Crippen LogP contribution in [-0.2, 0) is 27.2 Å². The van der Waals surface area contributed by atoms with Gasteiger partial charge in [-0.05, 0) is 42.9 Å². The van der Waals surface area contributed by atoms with Crippen molar-refractivity contribution >= 4 is 51.9 Å². The summed E-state index contributed by atoms with van der Waals surface area (Å²) < 4.78 is 4.96. The Morgan fingerprint density at radius 1 is 1.32 bits per heavy atom. The van der Waals surface area contributed by atoms with E-state index >= 15 is 0 Å². The van der Waals surface area contributed by atoms with Crippen LogP contribution in [0.15, 0.2) is 23.4 Å². The maximum Gasteiger partial charge on any atom is 0.341 e. The number of carboxylic acid groups (broad SMARTS) is 1. The topological polar surface area (TPSA) is 114 Å². The summed E-state index contributed by atoms with van der Waals surface area (Å²) in [5.74, 6) is -2.16. The summed E-state index contributed by atoms with van der Waals surface area (Å²) in [6, 6.07) is 2.90. The standard InChI is InChI=1S/C21H20N2O6S2/c1-10-5-6-11-13(8-10)31-19(16(11)21(28)29-2)23-15(24)9-14(18(23)25)30-17-12(20(26)27)4-3-7-22-17/h3-4,7,10,14H,5-6,8-9H2,1-2H3,(H,26,27). The molecule has 2 amide bonds. The van der Waals surface area contributed by atoms with Crippen LogP contribution in [-0.4, -0.2) is 46.2 Å². The van der Waals surface area contributed by atoms with Crippen LogP contribution >= 0.6 is 23.1 Å². The number of hydrogen-bond acceptors (Lipinski definition) is 8. The van der Waals surface area contributed by atoms with Crippen molar-refractivity contribution < 1.29 is 29.0 Å². The van der Waals surface area contributed by atoms with E-state index in [2.05, 4.69) is 11.9 Å². The number of carbonyl (C=O) groups excluding carboxylic acids is 3. The second-order valence-electron chi connectivity index (χ2n) is 7.56. The number of carbonyl (C=O) groups is 4. The highest BCUT2D eigenvalue weighted by atomic mass is 32.2. The molecule has 0 spiro atoms. The molecule has 1 fully saturated rings. The van der Waals surface area contributed by atoms with Gasteiger partial charge >= 0.3 is 11.9 Å². The number of amides is 2. The van der Waals surface area contributed by atoms with Crippen molar-refractivity contribution in [3.05, 3.63) is 39.9 Å². The quantitative estimate of drug-likeness (QED) is 0.535. The number of hydrogen-bond donors (Lipinski definition) is 1. The third-order valence-electron chi connectivity index (χ3n) is 5.45. The molecule has 2 unspecified atom stereocenters. The number of nitrogens with zero attached hydrogens (tertiary/aromatic N) is 2. The van der Waals surface area contributed by atoms with Gasteiger partial charge in [0.15, 0.2) is 0 Å². The number of aromatic carboxylic acids is 1. The minimum Gasteiger partial charge on any atom is -0.478 e. The second-order valence-corrected chi connectivity index (χ2v) is 9.84. The van der Waals surface area contributed by atoms with Gasteiger partial charge in [-0.3, -0.25) is 9.59 Å². The third-order valence-corrected chi connectivity index (χ3v) is 7.89. The van der Waals surface area contributed by atoms with Crippen LogP contribution in [0.1, 0.15) is 50.9 Å². The van der Waals surface area contributed by atoms with E-state index in [0.717, 1.165) is 39.9 Å². The molecule has 31 heavy (non-hydrogen) atoms. The SMILES string of the molecule is COC(=O)c1c(N2C(=O)CC(Sc3ncccc3C(=O)O)C2=O)sc2c1CCC(C)C2. The lowest BCUT2D eigenvalue weighted by Crippen LogP contribution is -2.32. The Hall–Kier alpha value is -2.72. The number of thioether (sulfide) groups is 1. The number of methoxy groups -OCH3 is 1. The molecular weight excluding hydrogens is 440 g/mol. The monoisotopic (exact) mass is 460 g/mol. The zero-order valence-electron chi connectivity index (χ0n) is 16.9. The average molecular weight is 461 g/mol. The van der Waals surface area contributed by atoms with Crippen molar-refractivity contribution in [2.75, 3.05) is 12.0 Å². The molecule has 0 saturated carbocycles. The Balaban J connectivity index is 1.69. The zero-order valence-corrected chi connectivity index (χ0v) is 18.5. The number of anilines is 1. The normalized spacial score (nSPS) is 20.6. The first-order valence-electron chi connectivity index (χ1n) is 9.76. The molecule has 162 valence electrons. The van der Waals surface area contributed by atoms with E-state index in [1.165, 1.54) is 36.8 Å². The second kappa shape index (κ2) is 8.43. The summed E-state index contributed by atoms with van der Waals surface area (Å²) in [6.45, 7) is 2.13. The van der Waals surface area contributed by atoms with Crippen molar-refractivity contribution in [2.45, 2.75) is 42.9 Å². The third kappa shape index (κ3) is 3.85. The van der Waals surface area contributed by atoms with Gasteiger partial charge < -0.3 is 9.84 Å².